The zero-order chi connectivity index (χ0) is 13.8. The molecule has 1 amide bonds. The third-order valence-corrected chi connectivity index (χ3v) is 3.10. The number of hydrogen-bond donors (Lipinski definition) is 1. The number of esters is 1. The van der Waals surface area contributed by atoms with E-state index in [0.717, 1.165) is 17.3 Å². The predicted molar refractivity (Wildman–Crippen MR) is 69.5 cm³/mol. The van der Waals surface area contributed by atoms with Gasteiger partial charge < -0.3 is 14.9 Å². The fourth-order valence-electron chi connectivity index (χ4n) is 1.32. The molecule has 0 radical (unpaired) electrons. The van der Waals surface area contributed by atoms with E-state index >= 15 is 0 Å². The van der Waals surface area contributed by atoms with E-state index in [1.807, 2.05) is 18.2 Å². The number of ether oxygens (including phenoxy) is 1. The molecule has 1 atom stereocenters. The Bertz CT molecular complexity index is 578. The maximum atomic E-state index is 11.4. The van der Waals surface area contributed by atoms with Crippen molar-refractivity contribution in [3.63, 3.8) is 0 Å². The first kappa shape index (κ1) is 13.4. The number of hydrogen-bond acceptors (Lipinski definition) is 6. The van der Waals surface area contributed by atoms with Crippen molar-refractivity contribution in [1.82, 2.24) is 4.98 Å². The van der Waals surface area contributed by atoms with Crippen molar-refractivity contribution in [2.24, 2.45) is 5.73 Å². The quantitative estimate of drug-likeness (QED) is 0.656. The third kappa shape index (κ3) is 3.47. The largest absolute Gasteiger partial charge is 0.452 e. The minimum Gasteiger partial charge on any atom is -0.452 e. The zero-order valence-corrected chi connectivity index (χ0v) is 11.0. The highest BCUT2D eigenvalue weighted by Crippen LogP contribution is 2.23. The predicted octanol–water partition coefficient (Wildman–Crippen LogP) is 1.34. The summed E-state index contributed by atoms with van der Waals surface area (Å²) < 4.78 is 10.2. The molecule has 100 valence electrons. The average molecular weight is 280 g/mol. The third-order valence-electron chi connectivity index (χ3n) is 2.30. The Balaban J connectivity index is 1.91. The van der Waals surface area contributed by atoms with Gasteiger partial charge in [0.2, 0.25) is 0 Å². The van der Waals surface area contributed by atoms with Crippen LogP contribution in [-0.4, -0.2) is 28.7 Å². The van der Waals surface area contributed by atoms with E-state index in [4.69, 9.17) is 14.9 Å². The molecule has 6 nitrogen and oxygen atoms in total. The molecule has 1 aromatic carbocycles. The number of carbonyl (C=O) groups excluding carboxylic acids is 2. The number of benzene rings is 1. The van der Waals surface area contributed by atoms with Crippen LogP contribution in [0.15, 0.2) is 33.9 Å². The van der Waals surface area contributed by atoms with Crippen molar-refractivity contribution in [3.8, 4) is 0 Å². The van der Waals surface area contributed by atoms with Crippen LogP contribution in [0.2, 0.25) is 0 Å². The number of amides is 1. The lowest BCUT2D eigenvalue weighted by Gasteiger charge is -2.08. The van der Waals surface area contributed by atoms with Gasteiger partial charge in [0.25, 0.3) is 11.1 Å². The summed E-state index contributed by atoms with van der Waals surface area (Å²) in [7, 11) is 0. The molecule has 1 aromatic heterocycles. The number of nitrogens with two attached hydrogens (primary N) is 1. The Labute approximate surface area is 113 Å². The Morgan fingerprint density at radius 3 is 2.89 bits per heavy atom. The number of fused-ring (bicyclic) bond motifs is 1. The molecule has 0 saturated heterocycles. The minimum atomic E-state index is -0.934. The first-order chi connectivity index (χ1) is 9.06. The maximum Gasteiger partial charge on any atom is 0.317 e. The van der Waals surface area contributed by atoms with Crippen LogP contribution < -0.4 is 5.73 Å². The number of carbonyl (C=O) groups is 2. The molecule has 0 aliphatic rings. The van der Waals surface area contributed by atoms with Gasteiger partial charge >= 0.3 is 5.97 Å². The molecule has 1 heterocycles. The van der Waals surface area contributed by atoms with Crippen LogP contribution >= 0.6 is 11.8 Å². The number of thioether (sulfide) groups is 1. The lowest BCUT2D eigenvalue weighted by molar-refractivity contribution is -0.151. The molecule has 0 saturated carbocycles. The zero-order valence-electron chi connectivity index (χ0n) is 10.2. The van der Waals surface area contributed by atoms with Crippen LogP contribution in [0.5, 0.6) is 0 Å². The van der Waals surface area contributed by atoms with Crippen LogP contribution in [0, 0.1) is 0 Å². The van der Waals surface area contributed by atoms with Gasteiger partial charge in [0.15, 0.2) is 11.7 Å². The highest BCUT2D eigenvalue weighted by atomic mass is 32.2. The van der Waals surface area contributed by atoms with Crippen molar-refractivity contribution in [1.29, 1.82) is 0 Å². The second-order valence-electron chi connectivity index (χ2n) is 3.77. The van der Waals surface area contributed by atoms with Crippen molar-refractivity contribution >= 4 is 34.7 Å². The van der Waals surface area contributed by atoms with Gasteiger partial charge in [-0.15, -0.1) is 0 Å². The molecule has 2 aromatic rings. The van der Waals surface area contributed by atoms with Gasteiger partial charge in [-0.05, 0) is 19.1 Å². The Morgan fingerprint density at radius 2 is 2.21 bits per heavy atom. The number of para-hydroxylation sites is 2. The highest BCUT2D eigenvalue weighted by molar-refractivity contribution is 7.99. The summed E-state index contributed by atoms with van der Waals surface area (Å²) >= 11 is 1.10. The van der Waals surface area contributed by atoms with E-state index in [9.17, 15) is 9.59 Å². The summed E-state index contributed by atoms with van der Waals surface area (Å²) in [5.41, 5.74) is 6.37. The van der Waals surface area contributed by atoms with Gasteiger partial charge in [0, 0.05) is 0 Å². The summed E-state index contributed by atoms with van der Waals surface area (Å²) in [6, 6.07) is 7.29. The Morgan fingerprint density at radius 1 is 1.47 bits per heavy atom. The number of aromatic nitrogens is 1. The van der Waals surface area contributed by atoms with Gasteiger partial charge in [-0.25, -0.2) is 4.98 Å². The molecule has 7 heteroatoms. The van der Waals surface area contributed by atoms with E-state index in [0.29, 0.717) is 10.8 Å². The van der Waals surface area contributed by atoms with E-state index < -0.39 is 18.0 Å². The summed E-state index contributed by atoms with van der Waals surface area (Å²) in [6.45, 7) is 1.42. The van der Waals surface area contributed by atoms with E-state index in [-0.39, 0.29) is 5.75 Å². The molecule has 0 bridgehead atoms. The van der Waals surface area contributed by atoms with Gasteiger partial charge in [-0.2, -0.15) is 0 Å². The normalized spacial score (nSPS) is 12.3. The summed E-state index contributed by atoms with van der Waals surface area (Å²) in [5, 5.41) is 0.380. The van der Waals surface area contributed by atoms with Crippen molar-refractivity contribution in [3.05, 3.63) is 24.3 Å². The molecular formula is C12H12N2O4S. The van der Waals surface area contributed by atoms with Crippen molar-refractivity contribution in [2.45, 2.75) is 18.3 Å². The lowest BCUT2D eigenvalue weighted by Crippen LogP contribution is -2.31. The topological polar surface area (TPSA) is 95.4 Å². The van der Waals surface area contributed by atoms with Crippen molar-refractivity contribution in [2.75, 3.05) is 5.75 Å². The lowest BCUT2D eigenvalue weighted by atomic mass is 10.3. The van der Waals surface area contributed by atoms with Gasteiger partial charge in [0.1, 0.15) is 11.3 Å². The molecule has 2 N–H and O–H groups in total. The maximum absolute atomic E-state index is 11.4. The summed E-state index contributed by atoms with van der Waals surface area (Å²) in [4.78, 5) is 26.4. The van der Waals surface area contributed by atoms with Crippen molar-refractivity contribution < 1.29 is 18.7 Å². The first-order valence-electron chi connectivity index (χ1n) is 5.53. The second kappa shape index (κ2) is 5.75. The molecule has 0 fully saturated rings. The van der Waals surface area contributed by atoms with E-state index in [2.05, 4.69) is 4.98 Å². The standard InChI is InChI=1S/C12H12N2O4S/c1-7(11(13)16)17-10(15)6-19-12-14-8-4-2-3-5-9(8)18-12/h2-5,7H,6H2,1H3,(H2,13,16)/t7-/m0/s1. The SMILES string of the molecule is C[C@H](OC(=O)CSc1nc2ccccc2o1)C(N)=O. The van der Waals surface area contributed by atoms with Crippen LogP contribution in [-0.2, 0) is 14.3 Å². The minimum absolute atomic E-state index is 0.00441. The molecular weight excluding hydrogens is 268 g/mol. The van der Waals surface area contributed by atoms with Crippen LogP contribution in [0.4, 0.5) is 0 Å². The molecule has 0 aliphatic carbocycles. The molecule has 19 heavy (non-hydrogen) atoms. The number of rotatable bonds is 5. The summed E-state index contributed by atoms with van der Waals surface area (Å²) in [5.74, 6) is -1.22. The first-order valence-corrected chi connectivity index (χ1v) is 6.52. The fraction of sp³-hybridized carbons (Fsp3) is 0.250. The van der Waals surface area contributed by atoms with Crippen LogP contribution in [0.3, 0.4) is 0 Å². The van der Waals surface area contributed by atoms with Crippen LogP contribution in [0.25, 0.3) is 11.1 Å². The molecule has 0 spiro atoms. The van der Waals surface area contributed by atoms with Gasteiger partial charge in [-0.1, -0.05) is 23.9 Å². The van der Waals surface area contributed by atoms with Gasteiger partial charge in [0.05, 0.1) is 0 Å². The van der Waals surface area contributed by atoms with E-state index in [1.54, 1.807) is 6.07 Å². The average Bonchev–Trinajstić information content (AvgIpc) is 2.78. The van der Waals surface area contributed by atoms with Gasteiger partial charge in [-0.3, -0.25) is 9.59 Å². The Hall–Kier alpha value is -2.02. The fourth-order valence-corrected chi connectivity index (χ4v) is 1.94. The molecule has 2 rings (SSSR count). The molecule has 0 unspecified atom stereocenters. The number of nitrogens with zero attached hydrogens (tertiary/aromatic N) is 1. The Kier molecular flexibility index (Phi) is 4.06. The number of oxazole rings is 1. The molecule has 0 aliphatic heterocycles. The smallest absolute Gasteiger partial charge is 0.317 e. The van der Waals surface area contributed by atoms with Crippen LogP contribution in [0.1, 0.15) is 6.92 Å². The summed E-state index contributed by atoms with van der Waals surface area (Å²) in [6.07, 6.45) is -0.934. The number of primary amides is 1. The monoisotopic (exact) mass is 280 g/mol. The second-order valence-corrected chi connectivity index (χ2v) is 4.70. The van der Waals surface area contributed by atoms with E-state index in [1.165, 1.54) is 6.92 Å². The highest BCUT2D eigenvalue weighted by Gasteiger charge is 2.15.